The molecule has 0 spiro atoms. The first-order chi connectivity index (χ1) is 15.5. The van der Waals surface area contributed by atoms with Gasteiger partial charge in [0.1, 0.15) is 11.6 Å². The summed E-state index contributed by atoms with van der Waals surface area (Å²) >= 11 is 5.99. The van der Waals surface area contributed by atoms with Gasteiger partial charge >= 0.3 is 12.1 Å². The molecule has 0 radical (unpaired) electrons. The second kappa shape index (κ2) is 10.3. The van der Waals surface area contributed by atoms with E-state index in [9.17, 15) is 22.8 Å². The Morgan fingerprint density at radius 2 is 1.79 bits per heavy atom. The van der Waals surface area contributed by atoms with Crippen LogP contribution in [-0.4, -0.2) is 60.7 Å². The van der Waals surface area contributed by atoms with Gasteiger partial charge in [-0.25, -0.2) is 9.78 Å². The lowest BCUT2D eigenvalue weighted by Gasteiger charge is -2.35. The van der Waals surface area contributed by atoms with Crippen molar-refractivity contribution in [3.63, 3.8) is 0 Å². The fourth-order valence-electron chi connectivity index (χ4n) is 3.20. The van der Waals surface area contributed by atoms with Crippen LogP contribution in [0.15, 0.2) is 36.5 Å². The summed E-state index contributed by atoms with van der Waals surface area (Å²) in [5.41, 5.74) is 0.132. The molecule has 1 atom stereocenters. The number of esters is 1. The van der Waals surface area contributed by atoms with E-state index in [-0.39, 0.29) is 29.8 Å². The molecule has 1 saturated heterocycles. The lowest BCUT2D eigenvalue weighted by Crippen LogP contribution is -2.50. The van der Waals surface area contributed by atoms with E-state index < -0.39 is 30.4 Å². The van der Waals surface area contributed by atoms with E-state index in [1.165, 1.54) is 11.8 Å². The number of amides is 1. The zero-order chi connectivity index (χ0) is 24.2. The Morgan fingerprint density at radius 1 is 1.15 bits per heavy atom. The summed E-state index contributed by atoms with van der Waals surface area (Å²) in [6, 6.07) is 8.01. The third-order valence-corrected chi connectivity index (χ3v) is 5.36. The van der Waals surface area contributed by atoms with Gasteiger partial charge in [0.05, 0.1) is 10.6 Å². The number of alkyl halides is 3. The number of aromatic nitrogens is 1. The number of halogens is 4. The third-order valence-electron chi connectivity index (χ3n) is 5.08. The molecule has 0 aliphatic carbocycles. The van der Waals surface area contributed by atoms with E-state index in [0.29, 0.717) is 18.8 Å². The van der Waals surface area contributed by atoms with Crippen LogP contribution in [-0.2, 0) is 20.5 Å². The number of anilines is 1. The first-order valence-electron chi connectivity index (χ1n) is 10.2. The van der Waals surface area contributed by atoms with Gasteiger partial charge in [0, 0.05) is 32.4 Å². The Bertz CT molecular complexity index is 993. The van der Waals surface area contributed by atoms with E-state index >= 15 is 0 Å². The number of ether oxygens (including phenoxy) is 2. The van der Waals surface area contributed by atoms with Crippen molar-refractivity contribution in [2.24, 2.45) is 0 Å². The standard InChI is InChI=1S/C22H23ClF3N3O4/c1-14-3-5-17(6-4-14)33-15(2)21(31)32-13-19(30)28-7-9-29(10-8-28)20-18(23)11-16(12-27-20)22(24,25)26/h3-6,11-12,15H,7-10,13H2,1-2H3. The van der Waals surface area contributed by atoms with Crippen LogP contribution in [0, 0.1) is 6.92 Å². The highest BCUT2D eigenvalue weighted by Gasteiger charge is 2.32. The maximum atomic E-state index is 12.8. The molecule has 1 aliphatic rings. The topological polar surface area (TPSA) is 72.0 Å². The molecule has 178 valence electrons. The molecule has 0 bridgehead atoms. The predicted octanol–water partition coefficient (Wildman–Crippen LogP) is 3.72. The van der Waals surface area contributed by atoms with Gasteiger partial charge in [-0.3, -0.25) is 4.79 Å². The minimum atomic E-state index is -4.53. The van der Waals surface area contributed by atoms with Crippen LogP contribution in [0.3, 0.4) is 0 Å². The van der Waals surface area contributed by atoms with E-state index in [2.05, 4.69) is 4.98 Å². The first kappa shape index (κ1) is 24.6. The van der Waals surface area contributed by atoms with Crippen LogP contribution in [0.4, 0.5) is 19.0 Å². The number of piperazine rings is 1. The van der Waals surface area contributed by atoms with Crippen molar-refractivity contribution in [3.05, 3.63) is 52.7 Å². The number of hydrogen-bond donors (Lipinski definition) is 0. The maximum Gasteiger partial charge on any atom is 0.417 e. The number of benzene rings is 1. The molecule has 1 aromatic carbocycles. The highest BCUT2D eigenvalue weighted by atomic mass is 35.5. The summed E-state index contributed by atoms with van der Waals surface area (Å²) < 4.78 is 49.0. The van der Waals surface area contributed by atoms with Crippen LogP contribution in [0.2, 0.25) is 5.02 Å². The molecule has 1 amide bonds. The summed E-state index contributed by atoms with van der Waals surface area (Å²) in [5, 5.41) is -0.110. The van der Waals surface area contributed by atoms with Crippen LogP contribution >= 0.6 is 11.6 Å². The monoisotopic (exact) mass is 485 g/mol. The third kappa shape index (κ3) is 6.50. The SMILES string of the molecule is Cc1ccc(OC(C)C(=O)OCC(=O)N2CCN(c3ncc(C(F)(F)F)cc3Cl)CC2)cc1. The molecule has 1 fully saturated rings. The Morgan fingerprint density at radius 3 is 2.36 bits per heavy atom. The molecule has 1 aliphatic heterocycles. The molecule has 7 nitrogen and oxygen atoms in total. The average Bonchev–Trinajstić information content (AvgIpc) is 2.78. The number of rotatable bonds is 6. The number of pyridine rings is 1. The van der Waals surface area contributed by atoms with E-state index in [1.54, 1.807) is 17.0 Å². The summed E-state index contributed by atoms with van der Waals surface area (Å²) in [7, 11) is 0. The van der Waals surface area contributed by atoms with E-state index in [0.717, 1.165) is 17.8 Å². The van der Waals surface area contributed by atoms with Gasteiger partial charge < -0.3 is 19.3 Å². The molecule has 11 heteroatoms. The normalized spacial score (nSPS) is 15.2. The van der Waals surface area contributed by atoms with Gasteiger partial charge in [-0.2, -0.15) is 13.2 Å². The summed E-state index contributed by atoms with van der Waals surface area (Å²) in [6.45, 7) is 4.25. The fourth-order valence-corrected chi connectivity index (χ4v) is 3.48. The maximum absolute atomic E-state index is 12.8. The number of nitrogens with zero attached hydrogens (tertiary/aromatic N) is 3. The molecule has 2 aromatic rings. The second-order valence-electron chi connectivity index (χ2n) is 7.58. The molecule has 2 heterocycles. The summed E-state index contributed by atoms with van der Waals surface area (Å²) in [6.07, 6.45) is -4.68. The highest BCUT2D eigenvalue weighted by molar-refractivity contribution is 6.33. The predicted molar refractivity (Wildman–Crippen MR) is 115 cm³/mol. The number of carbonyl (C=O) groups is 2. The Balaban J connectivity index is 1.46. The molecule has 0 saturated carbocycles. The van der Waals surface area contributed by atoms with Crippen molar-refractivity contribution < 1.29 is 32.2 Å². The number of carbonyl (C=O) groups excluding carboxylic acids is 2. The quantitative estimate of drug-likeness (QED) is 0.581. The Kier molecular flexibility index (Phi) is 7.68. The van der Waals surface area contributed by atoms with Crippen molar-refractivity contribution in [1.29, 1.82) is 0 Å². The van der Waals surface area contributed by atoms with E-state index in [1.807, 2.05) is 19.1 Å². The van der Waals surface area contributed by atoms with Crippen molar-refractivity contribution in [2.75, 3.05) is 37.7 Å². The molecule has 33 heavy (non-hydrogen) atoms. The van der Waals surface area contributed by atoms with Gasteiger partial charge in [-0.05, 0) is 32.0 Å². The zero-order valence-electron chi connectivity index (χ0n) is 18.1. The number of hydrogen-bond acceptors (Lipinski definition) is 6. The average molecular weight is 486 g/mol. The molecule has 1 aromatic heterocycles. The minimum Gasteiger partial charge on any atom is -0.479 e. The van der Waals surface area contributed by atoms with Gasteiger partial charge in [0.2, 0.25) is 0 Å². The lowest BCUT2D eigenvalue weighted by atomic mass is 10.2. The Hall–Kier alpha value is -3.01. The first-order valence-corrected chi connectivity index (χ1v) is 10.6. The molecular weight excluding hydrogens is 463 g/mol. The van der Waals surface area contributed by atoms with Gasteiger partial charge in [0.25, 0.3) is 5.91 Å². The smallest absolute Gasteiger partial charge is 0.417 e. The summed E-state index contributed by atoms with van der Waals surface area (Å²) in [5.74, 6) is -0.298. The second-order valence-corrected chi connectivity index (χ2v) is 7.98. The van der Waals surface area contributed by atoms with Crippen molar-refractivity contribution >= 4 is 29.3 Å². The van der Waals surface area contributed by atoms with Crippen LogP contribution < -0.4 is 9.64 Å². The molecular formula is C22H23ClF3N3O4. The van der Waals surface area contributed by atoms with Gasteiger partial charge in [-0.1, -0.05) is 29.3 Å². The van der Waals surface area contributed by atoms with E-state index in [4.69, 9.17) is 21.1 Å². The summed E-state index contributed by atoms with van der Waals surface area (Å²) in [4.78, 5) is 31.6. The van der Waals surface area contributed by atoms with Gasteiger partial charge in [-0.15, -0.1) is 0 Å². The molecule has 0 N–H and O–H groups in total. The van der Waals surface area contributed by atoms with Crippen LogP contribution in [0.5, 0.6) is 5.75 Å². The van der Waals surface area contributed by atoms with Crippen molar-refractivity contribution in [2.45, 2.75) is 26.1 Å². The number of aryl methyl sites for hydroxylation is 1. The minimum absolute atomic E-state index is 0.110. The van der Waals surface area contributed by atoms with Crippen molar-refractivity contribution in [3.8, 4) is 5.75 Å². The highest BCUT2D eigenvalue weighted by Crippen LogP contribution is 2.33. The fraction of sp³-hybridized carbons (Fsp3) is 0.409. The molecule has 3 rings (SSSR count). The lowest BCUT2D eigenvalue weighted by molar-refractivity contribution is -0.157. The largest absolute Gasteiger partial charge is 0.479 e. The van der Waals surface area contributed by atoms with Crippen LogP contribution in [0.25, 0.3) is 0 Å². The Labute approximate surface area is 194 Å². The molecule has 1 unspecified atom stereocenters. The van der Waals surface area contributed by atoms with Gasteiger partial charge in [0.15, 0.2) is 12.7 Å². The van der Waals surface area contributed by atoms with Crippen molar-refractivity contribution in [1.82, 2.24) is 9.88 Å². The zero-order valence-corrected chi connectivity index (χ0v) is 18.8. The van der Waals surface area contributed by atoms with Crippen LogP contribution in [0.1, 0.15) is 18.1 Å².